The third-order valence-corrected chi connectivity index (χ3v) is 3.90. The molecule has 5 heteroatoms. The zero-order valence-corrected chi connectivity index (χ0v) is 12.5. The molecular formula is C15H12Cl2N2O. The van der Waals surface area contributed by atoms with Gasteiger partial charge in [-0.25, -0.2) is 4.79 Å². The number of nitrogens with zero attached hydrogens (tertiary/aromatic N) is 2. The van der Waals surface area contributed by atoms with Gasteiger partial charge in [0.15, 0.2) is 0 Å². The van der Waals surface area contributed by atoms with Crippen LogP contribution in [0.15, 0.2) is 41.2 Å². The third-order valence-electron chi connectivity index (χ3n) is 3.47. The molecule has 0 N–H and O–H groups in total. The van der Waals surface area contributed by atoms with Crippen molar-refractivity contribution in [1.29, 1.82) is 0 Å². The van der Waals surface area contributed by atoms with E-state index in [4.69, 9.17) is 23.2 Å². The highest BCUT2D eigenvalue weighted by atomic mass is 35.5. The normalized spacial score (nSPS) is 11.2. The third kappa shape index (κ3) is 2.03. The summed E-state index contributed by atoms with van der Waals surface area (Å²) < 4.78 is 3.26. The zero-order chi connectivity index (χ0) is 14.4. The van der Waals surface area contributed by atoms with Crippen LogP contribution in [0.4, 0.5) is 0 Å². The minimum absolute atomic E-state index is 0.0405. The topological polar surface area (TPSA) is 26.9 Å². The molecule has 0 bridgehead atoms. The van der Waals surface area contributed by atoms with Crippen LogP contribution in [-0.4, -0.2) is 9.13 Å². The van der Waals surface area contributed by atoms with Gasteiger partial charge >= 0.3 is 5.69 Å². The van der Waals surface area contributed by atoms with Crippen LogP contribution in [-0.2, 0) is 14.1 Å². The number of aromatic nitrogens is 2. The summed E-state index contributed by atoms with van der Waals surface area (Å²) in [6, 6.07) is 11.3. The monoisotopic (exact) mass is 306 g/mol. The lowest BCUT2D eigenvalue weighted by molar-refractivity contribution is 0.795. The molecule has 0 fully saturated rings. The number of hydrogen-bond donors (Lipinski definition) is 0. The number of hydrogen-bond acceptors (Lipinski definition) is 1. The minimum Gasteiger partial charge on any atom is -0.295 e. The molecule has 0 spiro atoms. The maximum atomic E-state index is 11.9. The first-order valence-electron chi connectivity index (χ1n) is 6.09. The smallest absolute Gasteiger partial charge is 0.295 e. The number of benzene rings is 2. The molecule has 0 atom stereocenters. The van der Waals surface area contributed by atoms with Crippen LogP contribution in [0.25, 0.3) is 22.2 Å². The quantitative estimate of drug-likeness (QED) is 0.671. The first kappa shape index (κ1) is 13.3. The molecule has 3 rings (SSSR count). The predicted molar refractivity (Wildman–Crippen MR) is 83.6 cm³/mol. The fraction of sp³-hybridized carbons (Fsp3) is 0.133. The maximum absolute atomic E-state index is 11.9. The highest BCUT2D eigenvalue weighted by molar-refractivity contribution is 6.35. The lowest BCUT2D eigenvalue weighted by Gasteiger charge is -2.05. The molecule has 20 heavy (non-hydrogen) atoms. The van der Waals surface area contributed by atoms with E-state index in [1.54, 1.807) is 29.3 Å². The lowest BCUT2D eigenvalue weighted by atomic mass is 10.1. The summed E-state index contributed by atoms with van der Waals surface area (Å²) >= 11 is 12.1. The Hall–Kier alpha value is -1.71. The van der Waals surface area contributed by atoms with Crippen molar-refractivity contribution in [2.45, 2.75) is 0 Å². The lowest BCUT2D eigenvalue weighted by Crippen LogP contribution is -2.19. The zero-order valence-electron chi connectivity index (χ0n) is 11.0. The molecule has 0 saturated carbocycles. The van der Waals surface area contributed by atoms with Crippen LogP contribution < -0.4 is 5.69 Å². The molecule has 1 aromatic heterocycles. The number of rotatable bonds is 1. The van der Waals surface area contributed by atoms with E-state index in [1.165, 1.54) is 0 Å². The molecule has 102 valence electrons. The van der Waals surface area contributed by atoms with Gasteiger partial charge in [0, 0.05) is 24.1 Å². The van der Waals surface area contributed by atoms with E-state index in [9.17, 15) is 4.79 Å². The second-order valence-corrected chi connectivity index (χ2v) is 5.64. The second-order valence-electron chi connectivity index (χ2n) is 4.76. The van der Waals surface area contributed by atoms with Gasteiger partial charge in [0.1, 0.15) is 0 Å². The van der Waals surface area contributed by atoms with Crippen molar-refractivity contribution in [1.82, 2.24) is 9.13 Å². The van der Waals surface area contributed by atoms with Gasteiger partial charge in [0.05, 0.1) is 11.0 Å². The fourth-order valence-corrected chi connectivity index (χ4v) is 2.93. The first-order valence-corrected chi connectivity index (χ1v) is 6.85. The van der Waals surface area contributed by atoms with E-state index in [1.807, 2.05) is 30.3 Å². The summed E-state index contributed by atoms with van der Waals surface area (Å²) in [5.41, 5.74) is 3.64. The standard InChI is InChI=1S/C15H12Cl2N2O/c1-18-13-4-3-9(7-14(13)19(2)15(18)20)10-5-11(16)8-12(17)6-10/h3-8H,1-2H3. The highest BCUT2D eigenvalue weighted by Crippen LogP contribution is 2.29. The number of fused-ring (bicyclic) bond motifs is 1. The van der Waals surface area contributed by atoms with E-state index in [2.05, 4.69) is 0 Å². The van der Waals surface area contributed by atoms with Crippen molar-refractivity contribution in [2.75, 3.05) is 0 Å². The Kier molecular flexibility index (Phi) is 3.11. The van der Waals surface area contributed by atoms with Gasteiger partial charge in [-0.3, -0.25) is 9.13 Å². The van der Waals surface area contributed by atoms with Crippen molar-refractivity contribution in [3.8, 4) is 11.1 Å². The number of halogens is 2. The first-order chi connectivity index (χ1) is 9.47. The molecule has 3 nitrogen and oxygen atoms in total. The van der Waals surface area contributed by atoms with Crippen molar-refractivity contribution in [3.05, 3.63) is 56.9 Å². The average Bonchev–Trinajstić information content (AvgIpc) is 2.62. The van der Waals surface area contributed by atoms with Crippen LogP contribution in [0.2, 0.25) is 10.0 Å². The molecule has 2 aromatic carbocycles. The van der Waals surface area contributed by atoms with Crippen molar-refractivity contribution < 1.29 is 0 Å². The van der Waals surface area contributed by atoms with Gasteiger partial charge < -0.3 is 0 Å². The Morgan fingerprint density at radius 3 is 2.05 bits per heavy atom. The predicted octanol–water partition coefficient (Wildman–Crippen LogP) is 3.85. The SMILES string of the molecule is Cn1c(=O)n(C)c2cc(-c3cc(Cl)cc(Cl)c3)ccc21. The summed E-state index contributed by atoms with van der Waals surface area (Å²) in [7, 11) is 3.53. The number of imidazole rings is 1. The van der Waals surface area contributed by atoms with E-state index in [0.29, 0.717) is 10.0 Å². The fourth-order valence-electron chi connectivity index (χ4n) is 2.41. The Balaban J connectivity index is 2.28. The summed E-state index contributed by atoms with van der Waals surface area (Å²) in [6.07, 6.45) is 0. The Morgan fingerprint density at radius 1 is 0.800 bits per heavy atom. The molecular weight excluding hydrogens is 295 g/mol. The van der Waals surface area contributed by atoms with Gasteiger partial charge in [-0.1, -0.05) is 29.3 Å². The van der Waals surface area contributed by atoms with Gasteiger partial charge in [0.2, 0.25) is 0 Å². The molecule has 0 unspecified atom stereocenters. The van der Waals surface area contributed by atoms with E-state index < -0.39 is 0 Å². The summed E-state index contributed by atoms with van der Waals surface area (Å²) in [4.78, 5) is 11.9. The van der Waals surface area contributed by atoms with Crippen LogP contribution in [0, 0.1) is 0 Å². The molecule has 3 aromatic rings. The van der Waals surface area contributed by atoms with Crippen molar-refractivity contribution in [3.63, 3.8) is 0 Å². The van der Waals surface area contributed by atoms with Crippen molar-refractivity contribution in [2.24, 2.45) is 14.1 Å². The maximum Gasteiger partial charge on any atom is 0.328 e. The molecule has 0 aliphatic rings. The average molecular weight is 307 g/mol. The van der Waals surface area contributed by atoms with E-state index in [-0.39, 0.29) is 5.69 Å². The van der Waals surface area contributed by atoms with Crippen LogP contribution in [0.1, 0.15) is 0 Å². The Morgan fingerprint density at radius 2 is 1.40 bits per heavy atom. The summed E-state index contributed by atoms with van der Waals surface area (Å²) in [5, 5.41) is 1.18. The molecule has 0 amide bonds. The van der Waals surface area contributed by atoms with Crippen LogP contribution in [0.3, 0.4) is 0 Å². The second kappa shape index (κ2) is 4.69. The largest absolute Gasteiger partial charge is 0.328 e. The van der Waals surface area contributed by atoms with Gasteiger partial charge in [-0.05, 0) is 41.5 Å². The highest BCUT2D eigenvalue weighted by Gasteiger charge is 2.09. The summed E-state index contributed by atoms with van der Waals surface area (Å²) in [5.74, 6) is 0. The Bertz CT molecular complexity index is 857. The number of aryl methyl sites for hydroxylation is 2. The van der Waals surface area contributed by atoms with Crippen molar-refractivity contribution >= 4 is 34.2 Å². The molecule has 0 radical (unpaired) electrons. The molecule has 0 aliphatic carbocycles. The van der Waals surface area contributed by atoms with Crippen LogP contribution in [0.5, 0.6) is 0 Å². The minimum atomic E-state index is -0.0405. The van der Waals surface area contributed by atoms with E-state index in [0.717, 1.165) is 22.2 Å². The van der Waals surface area contributed by atoms with Gasteiger partial charge in [-0.2, -0.15) is 0 Å². The molecule has 0 saturated heterocycles. The Labute approximate surface area is 126 Å². The van der Waals surface area contributed by atoms with Gasteiger partial charge in [-0.15, -0.1) is 0 Å². The molecule has 0 aliphatic heterocycles. The summed E-state index contributed by atoms with van der Waals surface area (Å²) in [6.45, 7) is 0. The van der Waals surface area contributed by atoms with Gasteiger partial charge in [0.25, 0.3) is 0 Å². The van der Waals surface area contributed by atoms with Crippen LogP contribution >= 0.6 is 23.2 Å². The van der Waals surface area contributed by atoms with E-state index >= 15 is 0 Å². The molecule has 1 heterocycles.